The molecule has 25 heavy (non-hydrogen) atoms. The van der Waals surface area contributed by atoms with Gasteiger partial charge in [-0.25, -0.2) is 0 Å². The van der Waals surface area contributed by atoms with Crippen LogP contribution in [-0.2, 0) is 0 Å². The van der Waals surface area contributed by atoms with Gasteiger partial charge in [0, 0.05) is 51.4 Å². The van der Waals surface area contributed by atoms with Gasteiger partial charge in [-0.05, 0) is 46.3 Å². The summed E-state index contributed by atoms with van der Waals surface area (Å²) in [7, 11) is 0. The van der Waals surface area contributed by atoms with Gasteiger partial charge in [0.15, 0.2) is 5.96 Å². The van der Waals surface area contributed by atoms with Crippen LogP contribution in [0.15, 0.2) is 4.99 Å². The molecule has 0 radical (unpaired) electrons. The Morgan fingerprint density at radius 1 is 1.04 bits per heavy atom. The van der Waals surface area contributed by atoms with Crippen molar-refractivity contribution in [2.24, 2.45) is 4.99 Å². The summed E-state index contributed by atoms with van der Waals surface area (Å²) in [5.74, 6) is 0.976. The van der Waals surface area contributed by atoms with E-state index in [1.807, 2.05) is 0 Å². The Bertz CT molecular complexity index is 391. The average molecular weight is 353 g/mol. The molecule has 0 spiro atoms. The van der Waals surface area contributed by atoms with Crippen LogP contribution in [0.25, 0.3) is 0 Å². The highest BCUT2D eigenvalue weighted by molar-refractivity contribution is 5.79. The third-order valence-electron chi connectivity index (χ3n) is 5.75. The Kier molecular flexibility index (Phi) is 8.99. The number of hydrogen-bond donors (Lipinski definition) is 2. The van der Waals surface area contributed by atoms with Crippen molar-refractivity contribution in [3.05, 3.63) is 0 Å². The van der Waals surface area contributed by atoms with E-state index in [9.17, 15) is 0 Å². The van der Waals surface area contributed by atoms with Crippen molar-refractivity contribution in [3.8, 4) is 0 Å². The molecule has 0 aliphatic carbocycles. The second-order valence-corrected chi connectivity index (χ2v) is 7.34. The number of guanidine groups is 1. The predicted octanol–water partition coefficient (Wildman–Crippen LogP) is 1.05. The fourth-order valence-corrected chi connectivity index (χ4v) is 3.96. The van der Waals surface area contributed by atoms with Crippen LogP contribution in [0.3, 0.4) is 0 Å². The van der Waals surface area contributed by atoms with Crippen LogP contribution in [0.2, 0.25) is 0 Å². The van der Waals surface area contributed by atoms with Gasteiger partial charge in [-0.1, -0.05) is 13.8 Å². The normalized spacial score (nSPS) is 25.3. The van der Waals surface area contributed by atoms with E-state index in [0.29, 0.717) is 12.1 Å². The van der Waals surface area contributed by atoms with Crippen molar-refractivity contribution in [3.63, 3.8) is 0 Å². The number of likely N-dealkylation sites (N-methyl/N-ethyl adjacent to an activating group) is 2. The van der Waals surface area contributed by atoms with E-state index >= 15 is 0 Å². The number of nitrogens with one attached hydrogen (secondary N) is 2. The Hall–Kier alpha value is -0.850. The fraction of sp³-hybridized carbons (Fsp3) is 0.947. The summed E-state index contributed by atoms with van der Waals surface area (Å²) in [6, 6.07) is 1.17. The van der Waals surface area contributed by atoms with E-state index < -0.39 is 0 Å². The largest absolute Gasteiger partial charge is 0.357 e. The van der Waals surface area contributed by atoms with E-state index in [0.717, 1.165) is 32.1 Å². The van der Waals surface area contributed by atoms with Gasteiger partial charge in [0.2, 0.25) is 0 Å². The molecular formula is C19H40N6. The van der Waals surface area contributed by atoms with Crippen LogP contribution in [-0.4, -0.2) is 98.2 Å². The lowest BCUT2D eigenvalue weighted by Gasteiger charge is -2.37. The number of nitrogens with zero attached hydrogens (tertiary/aromatic N) is 4. The summed E-state index contributed by atoms with van der Waals surface area (Å²) in [4.78, 5) is 12.5. The smallest absolute Gasteiger partial charge is 0.191 e. The maximum absolute atomic E-state index is 4.86. The molecule has 6 heteroatoms. The summed E-state index contributed by atoms with van der Waals surface area (Å²) in [6.45, 7) is 20.0. The third-order valence-corrected chi connectivity index (χ3v) is 5.75. The van der Waals surface area contributed by atoms with Crippen LogP contribution in [0.1, 0.15) is 40.5 Å². The molecule has 2 heterocycles. The summed E-state index contributed by atoms with van der Waals surface area (Å²) >= 11 is 0. The Morgan fingerprint density at radius 2 is 1.80 bits per heavy atom. The topological polar surface area (TPSA) is 46.1 Å². The molecule has 0 aromatic carbocycles. The van der Waals surface area contributed by atoms with Crippen molar-refractivity contribution in [2.75, 3.05) is 65.4 Å². The van der Waals surface area contributed by atoms with Crippen molar-refractivity contribution in [1.29, 1.82) is 0 Å². The molecule has 0 aromatic rings. The number of piperazine rings is 1. The lowest BCUT2D eigenvalue weighted by molar-refractivity contribution is 0.109. The maximum Gasteiger partial charge on any atom is 0.191 e. The molecule has 2 N–H and O–H groups in total. The first kappa shape index (κ1) is 20.5. The molecule has 0 amide bonds. The zero-order chi connectivity index (χ0) is 18.1. The first-order chi connectivity index (χ1) is 12.2. The summed E-state index contributed by atoms with van der Waals surface area (Å²) in [5.41, 5.74) is 0. The molecule has 0 bridgehead atoms. The minimum Gasteiger partial charge on any atom is -0.357 e. The minimum absolute atomic E-state index is 0.507. The highest BCUT2D eigenvalue weighted by Crippen LogP contribution is 2.15. The van der Waals surface area contributed by atoms with Gasteiger partial charge in [-0.2, -0.15) is 0 Å². The molecule has 2 unspecified atom stereocenters. The molecule has 2 aliphatic rings. The van der Waals surface area contributed by atoms with Gasteiger partial charge >= 0.3 is 0 Å². The van der Waals surface area contributed by atoms with Crippen LogP contribution in [0, 0.1) is 0 Å². The van der Waals surface area contributed by atoms with E-state index in [-0.39, 0.29) is 0 Å². The molecule has 0 saturated carbocycles. The lowest BCUT2D eigenvalue weighted by atomic mass is 10.2. The summed E-state index contributed by atoms with van der Waals surface area (Å²) in [6.07, 6.45) is 2.63. The van der Waals surface area contributed by atoms with Crippen LogP contribution in [0.5, 0.6) is 0 Å². The number of rotatable bonds is 8. The Morgan fingerprint density at radius 3 is 2.44 bits per heavy atom. The van der Waals surface area contributed by atoms with Crippen molar-refractivity contribution < 1.29 is 0 Å². The quantitative estimate of drug-likeness (QED) is 0.505. The Labute approximate surface area is 155 Å². The first-order valence-electron chi connectivity index (χ1n) is 10.4. The van der Waals surface area contributed by atoms with Crippen molar-refractivity contribution in [1.82, 2.24) is 25.3 Å². The first-order valence-corrected chi connectivity index (χ1v) is 10.4. The molecule has 2 saturated heterocycles. The third kappa shape index (κ3) is 6.42. The van der Waals surface area contributed by atoms with Crippen LogP contribution >= 0.6 is 0 Å². The fourth-order valence-electron chi connectivity index (χ4n) is 3.96. The van der Waals surface area contributed by atoms with E-state index in [1.54, 1.807) is 0 Å². The van der Waals surface area contributed by atoms with Gasteiger partial charge in [0.25, 0.3) is 0 Å². The van der Waals surface area contributed by atoms with Gasteiger partial charge in [0.1, 0.15) is 0 Å². The second-order valence-electron chi connectivity index (χ2n) is 7.34. The number of aliphatic imine (C=N–C) groups is 1. The molecule has 2 aliphatic heterocycles. The van der Waals surface area contributed by atoms with Crippen LogP contribution in [0.4, 0.5) is 0 Å². The van der Waals surface area contributed by atoms with Crippen molar-refractivity contribution >= 4 is 5.96 Å². The molecule has 6 nitrogen and oxygen atoms in total. The molecular weight excluding hydrogens is 312 g/mol. The molecule has 2 fully saturated rings. The van der Waals surface area contributed by atoms with Gasteiger partial charge < -0.3 is 15.5 Å². The van der Waals surface area contributed by atoms with Gasteiger partial charge in [-0.15, -0.1) is 0 Å². The highest BCUT2D eigenvalue weighted by Gasteiger charge is 2.23. The van der Waals surface area contributed by atoms with E-state index in [1.165, 1.54) is 52.1 Å². The van der Waals surface area contributed by atoms with Crippen LogP contribution < -0.4 is 10.6 Å². The van der Waals surface area contributed by atoms with Crippen molar-refractivity contribution in [2.45, 2.75) is 52.6 Å². The molecule has 2 rings (SSSR count). The second kappa shape index (κ2) is 11.0. The molecule has 0 aromatic heterocycles. The lowest BCUT2D eigenvalue weighted by Crippen LogP contribution is -2.50. The standard InChI is InChI=1S/C19H40N6/c1-5-20-19(22-16-18-9-8-10-24(18)7-3)21-15-17(4)25-13-11-23(6-2)12-14-25/h17-18H,5-16H2,1-4H3,(H2,20,21,22). The average Bonchev–Trinajstić information content (AvgIpc) is 3.11. The SMILES string of the molecule is CCNC(=NCC(C)N1CCN(CC)CC1)NCC1CCCN1CC. The number of hydrogen-bond acceptors (Lipinski definition) is 4. The summed E-state index contributed by atoms with van der Waals surface area (Å²) < 4.78 is 0. The molecule has 2 atom stereocenters. The predicted molar refractivity (Wildman–Crippen MR) is 107 cm³/mol. The van der Waals surface area contributed by atoms with Gasteiger partial charge in [-0.3, -0.25) is 14.8 Å². The summed E-state index contributed by atoms with van der Waals surface area (Å²) in [5, 5.41) is 6.98. The van der Waals surface area contributed by atoms with Gasteiger partial charge in [0.05, 0.1) is 6.54 Å². The maximum atomic E-state index is 4.86. The van der Waals surface area contributed by atoms with E-state index in [4.69, 9.17) is 4.99 Å². The Balaban J connectivity index is 1.78. The number of likely N-dealkylation sites (tertiary alicyclic amines) is 1. The minimum atomic E-state index is 0.507. The molecule has 146 valence electrons. The van der Waals surface area contributed by atoms with E-state index in [2.05, 4.69) is 53.0 Å². The monoisotopic (exact) mass is 352 g/mol. The highest BCUT2D eigenvalue weighted by atomic mass is 15.3. The zero-order valence-electron chi connectivity index (χ0n) is 16.9. The zero-order valence-corrected chi connectivity index (χ0v) is 16.9.